The van der Waals surface area contributed by atoms with Crippen molar-refractivity contribution in [1.29, 1.82) is 0 Å². The lowest BCUT2D eigenvalue weighted by Gasteiger charge is -2.30. The first-order valence-corrected chi connectivity index (χ1v) is 8.23. The Labute approximate surface area is 151 Å². The highest BCUT2D eigenvalue weighted by Gasteiger charge is 2.33. The third-order valence-electron chi connectivity index (χ3n) is 4.20. The Kier molecular flexibility index (Phi) is 5.90. The summed E-state index contributed by atoms with van der Waals surface area (Å²) < 4.78 is 6.12. The lowest BCUT2D eigenvalue weighted by atomic mass is 9.86. The molecule has 0 N–H and O–H groups in total. The second kappa shape index (κ2) is 7.92. The minimum absolute atomic E-state index is 0.370. The van der Waals surface area contributed by atoms with Crippen LogP contribution in [0.25, 0.3) is 0 Å². The summed E-state index contributed by atoms with van der Waals surface area (Å²) in [4.78, 5) is 4.11. The first-order chi connectivity index (χ1) is 11.9. The van der Waals surface area contributed by atoms with Crippen LogP contribution in [0.5, 0.6) is 0 Å². The average molecular weight is 334 g/mol. The van der Waals surface area contributed by atoms with E-state index in [9.17, 15) is 0 Å². The molecule has 2 aromatic rings. The maximum absolute atomic E-state index is 6.12. The van der Waals surface area contributed by atoms with Crippen molar-refractivity contribution in [3.05, 3.63) is 72.3 Å². The Bertz CT molecular complexity index is 686. The van der Waals surface area contributed by atoms with Crippen LogP contribution in [-0.2, 0) is 10.3 Å². The van der Waals surface area contributed by atoms with E-state index < -0.39 is 5.60 Å². The summed E-state index contributed by atoms with van der Waals surface area (Å²) in [6.07, 6.45) is 7.69. The van der Waals surface area contributed by atoms with E-state index in [4.69, 9.17) is 11.2 Å². The molecule has 130 valence electrons. The summed E-state index contributed by atoms with van der Waals surface area (Å²) in [5.74, 6) is 2.88. The second-order valence-corrected chi connectivity index (χ2v) is 6.31. The molecule has 0 saturated carbocycles. The van der Waals surface area contributed by atoms with Crippen molar-refractivity contribution >= 4 is 11.4 Å². The van der Waals surface area contributed by atoms with Gasteiger partial charge in [0.15, 0.2) is 5.60 Å². The Morgan fingerprint density at radius 2 is 1.32 bits per heavy atom. The lowest BCUT2D eigenvalue weighted by Crippen LogP contribution is -2.30. The van der Waals surface area contributed by atoms with Crippen molar-refractivity contribution < 1.29 is 4.74 Å². The van der Waals surface area contributed by atoms with Crippen molar-refractivity contribution in [3.63, 3.8) is 0 Å². The van der Waals surface area contributed by atoms with Gasteiger partial charge in [0.2, 0.25) is 0 Å². The van der Waals surface area contributed by atoms with Crippen LogP contribution >= 0.6 is 0 Å². The molecule has 0 aliphatic rings. The van der Waals surface area contributed by atoms with Crippen LogP contribution in [-0.4, -0.2) is 34.8 Å². The second-order valence-electron chi connectivity index (χ2n) is 6.31. The Hall–Kier alpha value is -2.70. The number of hydrogen-bond donors (Lipinski definition) is 0. The van der Waals surface area contributed by atoms with Gasteiger partial charge >= 0.3 is 0 Å². The van der Waals surface area contributed by atoms with Gasteiger partial charge in [-0.1, -0.05) is 36.3 Å². The van der Waals surface area contributed by atoms with E-state index in [-0.39, 0.29) is 0 Å². The SMILES string of the molecule is C#CC(OCC=C)(c1ccc(N(C)C)cc1)c1ccc(N(C)C)cc1. The van der Waals surface area contributed by atoms with E-state index in [1.54, 1.807) is 6.08 Å². The molecule has 0 unspecified atom stereocenters. The molecule has 0 aliphatic heterocycles. The third-order valence-corrected chi connectivity index (χ3v) is 4.20. The predicted octanol–water partition coefficient (Wildman–Crippen LogP) is 3.90. The molecule has 0 spiro atoms. The number of anilines is 2. The summed E-state index contributed by atoms with van der Waals surface area (Å²) in [5, 5.41) is 0. The highest BCUT2D eigenvalue weighted by atomic mass is 16.5. The van der Waals surface area contributed by atoms with Crippen molar-refractivity contribution in [3.8, 4) is 12.3 Å². The zero-order valence-electron chi connectivity index (χ0n) is 15.5. The van der Waals surface area contributed by atoms with Gasteiger partial charge in [0.1, 0.15) is 0 Å². The molecule has 2 aromatic carbocycles. The number of nitrogens with zero attached hydrogens (tertiary/aromatic N) is 2. The zero-order chi connectivity index (χ0) is 18.4. The number of rotatable bonds is 7. The molecule has 0 radical (unpaired) electrons. The van der Waals surface area contributed by atoms with Gasteiger partial charge in [0.05, 0.1) is 6.61 Å². The minimum Gasteiger partial charge on any atom is -0.378 e. The maximum Gasteiger partial charge on any atom is 0.179 e. The Morgan fingerprint density at radius 3 is 1.60 bits per heavy atom. The number of hydrogen-bond acceptors (Lipinski definition) is 3. The van der Waals surface area contributed by atoms with Gasteiger partial charge in [0, 0.05) is 50.7 Å². The molecule has 0 heterocycles. The number of ether oxygens (including phenoxy) is 1. The molecule has 0 amide bonds. The van der Waals surface area contributed by atoms with Crippen LogP contribution < -0.4 is 9.80 Å². The average Bonchev–Trinajstić information content (AvgIpc) is 2.63. The van der Waals surface area contributed by atoms with Gasteiger partial charge in [-0.2, -0.15) is 0 Å². The number of terminal acetylenes is 1. The molecular weight excluding hydrogens is 308 g/mol. The maximum atomic E-state index is 6.12. The molecule has 3 heteroatoms. The summed E-state index contributed by atoms with van der Waals surface area (Å²) in [5.41, 5.74) is 3.15. The highest BCUT2D eigenvalue weighted by molar-refractivity contribution is 5.54. The van der Waals surface area contributed by atoms with Gasteiger partial charge in [-0.3, -0.25) is 0 Å². The highest BCUT2D eigenvalue weighted by Crippen LogP contribution is 2.35. The largest absolute Gasteiger partial charge is 0.378 e. The molecule has 0 fully saturated rings. The van der Waals surface area contributed by atoms with Crippen molar-refractivity contribution in [1.82, 2.24) is 0 Å². The van der Waals surface area contributed by atoms with Crippen LogP contribution in [0.2, 0.25) is 0 Å². The summed E-state index contributed by atoms with van der Waals surface area (Å²) in [6, 6.07) is 16.3. The van der Waals surface area contributed by atoms with E-state index >= 15 is 0 Å². The first kappa shape index (κ1) is 18.6. The molecule has 3 nitrogen and oxygen atoms in total. The fourth-order valence-electron chi connectivity index (χ4n) is 2.71. The van der Waals surface area contributed by atoms with Gasteiger partial charge in [-0.15, -0.1) is 13.0 Å². The van der Waals surface area contributed by atoms with Gasteiger partial charge in [-0.25, -0.2) is 0 Å². The van der Waals surface area contributed by atoms with Crippen molar-refractivity contribution in [2.75, 3.05) is 44.6 Å². The van der Waals surface area contributed by atoms with E-state index in [0.29, 0.717) is 6.61 Å². The minimum atomic E-state index is -0.941. The van der Waals surface area contributed by atoms with Crippen LogP contribution in [0.3, 0.4) is 0 Å². The van der Waals surface area contributed by atoms with Gasteiger partial charge in [-0.05, 0) is 24.3 Å². The predicted molar refractivity (Wildman–Crippen MR) is 107 cm³/mol. The Balaban J connectivity index is 2.53. The standard InChI is InChI=1S/C22H26N2O/c1-7-17-25-22(8-2,18-9-13-20(14-10-18)23(3)4)19-11-15-21(16-12-19)24(5)6/h2,7,9-16H,1,17H2,3-6H3. The smallest absolute Gasteiger partial charge is 0.179 e. The quantitative estimate of drug-likeness (QED) is 0.564. The molecule has 0 atom stereocenters. The molecule has 0 saturated heterocycles. The normalized spacial score (nSPS) is 10.8. The summed E-state index contributed by atoms with van der Waals surface area (Å²) in [7, 11) is 8.05. The van der Waals surface area contributed by atoms with E-state index in [2.05, 4.69) is 22.3 Å². The molecule has 0 aliphatic carbocycles. The molecule has 0 aromatic heterocycles. The van der Waals surface area contributed by atoms with Gasteiger partial charge in [0.25, 0.3) is 0 Å². The summed E-state index contributed by atoms with van der Waals surface area (Å²) in [6.45, 7) is 4.12. The molecular formula is C22H26N2O. The summed E-state index contributed by atoms with van der Waals surface area (Å²) >= 11 is 0. The van der Waals surface area contributed by atoms with Crippen LogP contribution in [0, 0.1) is 12.3 Å². The Morgan fingerprint density at radius 1 is 0.920 bits per heavy atom. The fraction of sp³-hybridized carbons (Fsp3) is 0.273. The van der Waals surface area contributed by atoms with Crippen molar-refractivity contribution in [2.45, 2.75) is 5.60 Å². The van der Waals surface area contributed by atoms with E-state index in [1.165, 1.54) is 0 Å². The first-order valence-electron chi connectivity index (χ1n) is 8.23. The van der Waals surface area contributed by atoms with Gasteiger partial charge < -0.3 is 14.5 Å². The van der Waals surface area contributed by atoms with E-state index in [0.717, 1.165) is 22.5 Å². The van der Waals surface area contributed by atoms with Crippen LogP contribution in [0.1, 0.15) is 11.1 Å². The monoisotopic (exact) mass is 334 g/mol. The lowest BCUT2D eigenvalue weighted by molar-refractivity contribution is 0.0467. The molecule has 0 bridgehead atoms. The molecule has 2 rings (SSSR count). The van der Waals surface area contributed by atoms with E-state index in [1.807, 2.05) is 76.7 Å². The zero-order valence-corrected chi connectivity index (χ0v) is 15.5. The number of benzene rings is 2. The van der Waals surface area contributed by atoms with Crippen LogP contribution in [0.15, 0.2) is 61.2 Å². The fourth-order valence-corrected chi connectivity index (χ4v) is 2.71. The topological polar surface area (TPSA) is 15.7 Å². The third kappa shape index (κ3) is 3.87. The van der Waals surface area contributed by atoms with Crippen molar-refractivity contribution in [2.24, 2.45) is 0 Å². The molecule has 25 heavy (non-hydrogen) atoms. The van der Waals surface area contributed by atoms with Crippen LogP contribution in [0.4, 0.5) is 11.4 Å².